The molecule has 0 aliphatic carbocycles. The van der Waals surface area contributed by atoms with Crippen molar-refractivity contribution >= 4 is 16.5 Å². The Kier molecular flexibility index (Phi) is 5.80. The van der Waals surface area contributed by atoms with Crippen LogP contribution in [0.2, 0.25) is 0 Å². The van der Waals surface area contributed by atoms with Crippen molar-refractivity contribution in [3.8, 4) is 44.5 Å². The van der Waals surface area contributed by atoms with Crippen molar-refractivity contribution in [2.45, 2.75) is 0 Å². The molecule has 0 saturated heterocycles. The van der Waals surface area contributed by atoms with Crippen LogP contribution in [-0.4, -0.2) is 4.92 Å². The van der Waals surface area contributed by atoms with Crippen molar-refractivity contribution in [3.05, 3.63) is 150 Å². The highest BCUT2D eigenvalue weighted by Gasteiger charge is 2.25. The first-order valence-electron chi connectivity index (χ1n) is 12.2. The summed E-state index contributed by atoms with van der Waals surface area (Å²) < 4.78 is 0. The maximum atomic E-state index is 11.9. The van der Waals surface area contributed by atoms with Crippen molar-refractivity contribution in [1.82, 2.24) is 0 Å². The third kappa shape index (κ3) is 4.07. The quantitative estimate of drug-likeness (QED) is 0.183. The van der Waals surface area contributed by atoms with Gasteiger partial charge in [-0.25, -0.2) is 0 Å². The lowest BCUT2D eigenvalue weighted by molar-refractivity contribution is -0.384. The summed E-state index contributed by atoms with van der Waals surface area (Å²) in [5.41, 5.74) is 8.54. The minimum Gasteiger partial charge on any atom is -0.258 e. The zero-order valence-electron chi connectivity index (χ0n) is 20.0. The maximum Gasteiger partial charge on any atom is 0.270 e. The van der Waals surface area contributed by atoms with Gasteiger partial charge in [0, 0.05) is 12.1 Å². The number of rotatable bonds is 5. The van der Waals surface area contributed by atoms with E-state index >= 15 is 0 Å². The Morgan fingerprint density at radius 3 is 1.14 bits per heavy atom. The van der Waals surface area contributed by atoms with Crippen LogP contribution in [0.4, 0.5) is 5.69 Å². The number of hydrogen-bond donors (Lipinski definition) is 0. The molecule has 0 atom stereocenters. The van der Waals surface area contributed by atoms with E-state index in [0.717, 1.165) is 55.3 Å². The van der Waals surface area contributed by atoms with Gasteiger partial charge < -0.3 is 0 Å². The summed E-state index contributed by atoms with van der Waals surface area (Å²) >= 11 is 0. The molecule has 0 spiro atoms. The molecule has 0 unspecified atom stereocenters. The predicted octanol–water partition coefficient (Wildman–Crippen LogP) is 9.42. The Labute approximate surface area is 215 Å². The average Bonchev–Trinajstić information content (AvgIpc) is 2.97. The van der Waals surface area contributed by atoms with Crippen LogP contribution in [0.5, 0.6) is 0 Å². The summed E-state index contributed by atoms with van der Waals surface area (Å²) in [5.74, 6) is 0. The Hall–Kier alpha value is -5.02. The van der Waals surface area contributed by atoms with Gasteiger partial charge in [0.25, 0.3) is 5.69 Å². The van der Waals surface area contributed by atoms with Crippen LogP contribution in [0.15, 0.2) is 140 Å². The number of hydrogen-bond acceptors (Lipinski definition) is 2. The van der Waals surface area contributed by atoms with Gasteiger partial charge in [-0.2, -0.15) is 0 Å². The van der Waals surface area contributed by atoms with Crippen LogP contribution in [0.3, 0.4) is 0 Å². The number of nitrogens with zero attached hydrogens (tertiary/aromatic N) is 1. The molecule has 0 amide bonds. The Balaban J connectivity index is 1.91. The molecule has 3 heteroatoms. The van der Waals surface area contributed by atoms with Gasteiger partial charge in [0.2, 0.25) is 0 Å². The van der Waals surface area contributed by atoms with E-state index in [2.05, 4.69) is 60.7 Å². The number of non-ortho nitro benzene ring substituents is 1. The van der Waals surface area contributed by atoms with E-state index < -0.39 is 0 Å². The van der Waals surface area contributed by atoms with Crippen molar-refractivity contribution in [1.29, 1.82) is 0 Å². The second kappa shape index (κ2) is 9.56. The van der Waals surface area contributed by atoms with Crippen LogP contribution >= 0.6 is 0 Å². The predicted molar refractivity (Wildman–Crippen MR) is 152 cm³/mol. The van der Waals surface area contributed by atoms with E-state index in [0.29, 0.717) is 0 Å². The molecule has 0 aliphatic rings. The molecule has 0 radical (unpaired) electrons. The average molecular weight is 478 g/mol. The molecular formula is C34H23NO2. The van der Waals surface area contributed by atoms with Gasteiger partial charge in [0.1, 0.15) is 0 Å². The van der Waals surface area contributed by atoms with E-state index in [1.54, 1.807) is 12.1 Å². The molecule has 0 aromatic heterocycles. The number of fused-ring (bicyclic) bond motifs is 1. The van der Waals surface area contributed by atoms with Gasteiger partial charge >= 0.3 is 0 Å². The molecule has 0 saturated carbocycles. The van der Waals surface area contributed by atoms with Crippen LogP contribution < -0.4 is 0 Å². The highest BCUT2D eigenvalue weighted by atomic mass is 16.6. The summed E-state index contributed by atoms with van der Waals surface area (Å²) in [6.45, 7) is 0. The third-order valence-corrected chi connectivity index (χ3v) is 6.75. The smallest absolute Gasteiger partial charge is 0.258 e. The molecule has 0 bridgehead atoms. The van der Waals surface area contributed by atoms with Crippen LogP contribution in [0.25, 0.3) is 55.3 Å². The molecule has 37 heavy (non-hydrogen) atoms. The van der Waals surface area contributed by atoms with Crippen LogP contribution in [0, 0.1) is 10.1 Å². The van der Waals surface area contributed by atoms with Gasteiger partial charge in [-0.05, 0) is 61.3 Å². The van der Waals surface area contributed by atoms with Gasteiger partial charge in [-0.1, -0.05) is 121 Å². The number of nitro benzene ring substituents is 1. The van der Waals surface area contributed by atoms with E-state index in [4.69, 9.17) is 0 Å². The maximum absolute atomic E-state index is 11.9. The normalized spacial score (nSPS) is 10.9. The minimum atomic E-state index is -0.316. The minimum absolute atomic E-state index is 0.0789. The lowest BCUT2D eigenvalue weighted by Crippen LogP contribution is -1.98. The second-order valence-corrected chi connectivity index (χ2v) is 8.95. The molecule has 6 aromatic carbocycles. The fraction of sp³-hybridized carbons (Fsp3) is 0. The van der Waals surface area contributed by atoms with Crippen molar-refractivity contribution in [2.24, 2.45) is 0 Å². The monoisotopic (exact) mass is 477 g/mol. The highest BCUT2D eigenvalue weighted by Crippen LogP contribution is 2.51. The van der Waals surface area contributed by atoms with Gasteiger partial charge in [-0.15, -0.1) is 0 Å². The topological polar surface area (TPSA) is 43.1 Å². The molecule has 3 nitrogen and oxygen atoms in total. The molecule has 6 rings (SSSR count). The summed E-state index contributed by atoms with van der Waals surface area (Å²) in [6.07, 6.45) is 0. The zero-order chi connectivity index (χ0) is 25.2. The van der Waals surface area contributed by atoms with Crippen molar-refractivity contribution < 1.29 is 4.92 Å². The molecule has 0 heterocycles. The molecule has 176 valence electrons. The van der Waals surface area contributed by atoms with E-state index in [1.807, 2.05) is 66.7 Å². The third-order valence-electron chi connectivity index (χ3n) is 6.75. The summed E-state index contributed by atoms with van der Waals surface area (Å²) in [6, 6.07) is 46.5. The number of nitro groups is 1. The molecule has 0 N–H and O–H groups in total. The summed E-state index contributed by atoms with van der Waals surface area (Å²) in [4.78, 5) is 11.6. The number of benzene rings is 6. The van der Waals surface area contributed by atoms with Crippen LogP contribution in [0.1, 0.15) is 0 Å². The fourth-order valence-corrected chi connectivity index (χ4v) is 5.19. The second-order valence-electron chi connectivity index (χ2n) is 8.95. The highest BCUT2D eigenvalue weighted by molar-refractivity contribution is 6.18. The fourth-order valence-electron chi connectivity index (χ4n) is 5.19. The summed E-state index contributed by atoms with van der Waals surface area (Å²) in [5, 5.41) is 13.7. The molecule has 6 aromatic rings. The van der Waals surface area contributed by atoms with Gasteiger partial charge in [0.05, 0.1) is 4.92 Å². The van der Waals surface area contributed by atoms with E-state index in [-0.39, 0.29) is 10.6 Å². The SMILES string of the molecule is O=[N+]([O-])c1ccc2c(-c3ccccc3)c(-c3ccccc3)c(-c3ccccc3)c(-c3ccccc3)c2c1. The van der Waals surface area contributed by atoms with Crippen LogP contribution in [-0.2, 0) is 0 Å². The summed E-state index contributed by atoms with van der Waals surface area (Å²) in [7, 11) is 0. The Bertz CT molecular complexity index is 1710. The largest absolute Gasteiger partial charge is 0.270 e. The first kappa shape index (κ1) is 22.4. The Morgan fingerprint density at radius 1 is 0.405 bits per heavy atom. The molecule has 0 fully saturated rings. The zero-order valence-corrected chi connectivity index (χ0v) is 20.0. The van der Waals surface area contributed by atoms with Gasteiger partial charge in [-0.3, -0.25) is 10.1 Å². The first-order valence-corrected chi connectivity index (χ1v) is 12.2. The lowest BCUT2D eigenvalue weighted by Gasteiger charge is -2.24. The van der Waals surface area contributed by atoms with Gasteiger partial charge in [0.15, 0.2) is 0 Å². The van der Waals surface area contributed by atoms with E-state index in [9.17, 15) is 10.1 Å². The lowest BCUT2D eigenvalue weighted by atomic mass is 9.79. The molecule has 0 aliphatic heterocycles. The Morgan fingerprint density at radius 2 is 0.757 bits per heavy atom. The van der Waals surface area contributed by atoms with Crippen molar-refractivity contribution in [3.63, 3.8) is 0 Å². The van der Waals surface area contributed by atoms with Crippen molar-refractivity contribution in [2.75, 3.05) is 0 Å². The van der Waals surface area contributed by atoms with E-state index in [1.165, 1.54) is 0 Å². The standard InChI is InChI=1S/C34H23NO2/c36-35(37)28-21-22-29-30(23-28)32(25-15-7-2-8-16-25)34(27-19-11-4-12-20-27)33(26-17-9-3-10-18-26)31(29)24-13-5-1-6-14-24/h1-23H. The molecular weight excluding hydrogens is 454 g/mol. The first-order chi connectivity index (χ1) is 18.2.